The summed E-state index contributed by atoms with van der Waals surface area (Å²) in [6.07, 6.45) is 7.97. The van der Waals surface area contributed by atoms with E-state index in [0.29, 0.717) is 24.2 Å². The third-order valence-electron chi connectivity index (χ3n) is 4.56. The Morgan fingerprint density at radius 2 is 1.92 bits per heavy atom. The third-order valence-corrected chi connectivity index (χ3v) is 4.56. The highest BCUT2D eigenvalue weighted by atomic mass is 19.1. The van der Waals surface area contributed by atoms with E-state index in [0.717, 1.165) is 37.1 Å². The molecule has 0 spiro atoms. The number of hydrogen-bond acceptors (Lipinski definition) is 4. The molecule has 0 saturated heterocycles. The number of ether oxygens (including phenoxy) is 1. The smallest absolute Gasteiger partial charge is 0.144 e. The van der Waals surface area contributed by atoms with Gasteiger partial charge in [-0.1, -0.05) is 0 Å². The van der Waals surface area contributed by atoms with Crippen LogP contribution in [-0.4, -0.2) is 16.6 Å². The maximum atomic E-state index is 13.6. The fourth-order valence-electron chi connectivity index (χ4n) is 3.09. The average Bonchev–Trinajstić information content (AvgIpc) is 2.61. The average molecular weight is 325 g/mol. The van der Waals surface area contributed by atoms with Crippen LogP contribution >= 0.6 is 0 Å². The first-order valence-corrected chi connectivity index (χ1v) is 8.26. The molecule has 0 amide bonds. The van der Waals surface area contributed by atoms with Gasteiger partial charge in [-0.3, -0.25) is 0 Å². The van der Waals surface area contributed by atoms with E-state index < -0.39 is 5.82 Å². The molecule has 0 bridgehead atoms. The van der Waals surface area contributed by atoms with Crippen molar-refractivity contribution in [1.82, 2.24) is 9.97 Å². The largest absolute Gasteiger partial charge is 0.493 e. The Labute approximate surface area is 141 Å². The van der Waals surface area contributed by atoms with Crippen LogP contribution in [0.15, 0.2) is 30.6 Å². The first-order valence-electron chi connectivity index (χ1n) is 8.26. The Balaban J connectivity index is 1.50. The van der Waals surface area contributed by atoms with Gasteiger partial charge in [0.25, 0.3) is 0 Å². The van der Waals surface area contributed by atoms with E-state index in [4.69, 9.17) is 10.00 Å². The van der Waals surface area contributed by atoms with E-state index in [-0.39, 0.29) is 5.56 Å². The van der Waals surface area contributed by atoms with Crippen LogP contribution in [0.3, 0.4) is 0 Å². The molecule has 1 saturated carbocycles. The Morgan fingerprint density at radius 1 is 1.21 bits per heavy atom. The molecular weight excluding hydrogens is 305 g/mol. The number of benzene rings is 1. The van der Waals surface area contributed by atoms with Gasteiger partial charge in [-0.05, 0) is 56.2 Å². The normalized spacial score (nSPS) is 20.4. The minimum Gasteiger partial charge on any atom is -0.493 e. The molecule has 0 atom stereocenters. The number of halogens is 1. The van der Waals surface area contributed by atoms with Gasteiger partial charge in [-0.25, -0.2) is 14.4 Å². The van der Waals surface area contributed by atoms with Crippen LogP contribution in [0.2, 0.25) is 0 Å². The highest BCUT2D eigenvalue weighted by Gasteiger charge is 2.24. The van der Waals surface area contributed by atoms with Crippen molar-refractivity contribution in [3.05, 3.63) is 53.4 Å². The zero-order chi connectivity index (χ0) is 16.9. The molecule has 1 aliphatic carbocycles. The summed E-state index contributed by atoms with van der Waals surface area (Å²) >= 11 is 0. The molecule has 1 aliphatic rings. The molecule has 1 heterocycles. The highest BCUT2D eigenvalue weighted by Crippen LogP contribution is 2.34. The number of rotatable bonds is 4. The van der Waals surface area contributed by atoms with E-state index in [1.807, 2.05) is 25.4 Å². The van der Waals surface area contributed by atoms with Gasteiger partial charge in [0.2, 0.25) is 0 Å². The molecule has 24 heavy (non-hydrogen) atoms. The topological polar surface area (TPSA) is 58.8 Å². The Bertz CT molecular complexity index is 731. The molecule has 0 N–H and O–H groups in total. The number of hydrogen-bond donors (Lipinski definition) is 0. The lowest BCUT2D eigenvalue weighted by atomic mass is 9.82. The molecule has 4 nitrogen and oxygen atoms in total. The maximum Gasteiger partial charge on any atom is 0.144 e. The Kier molecular flexibility index (Phi) is 5.05. The maximum absolute atomic E-state index is 13.6. The summed E-state index contributed by atoms with van der Waals surface area (Å²) in [6.45, 7) is 2.57. The predicted octanol–water partition coefficient (Wildman–Crippen LogP) is 4.15. The molecule has 124 valence electrons. The molecule has 0 aliphatic heterocycles. The van der Waals surface area contributed by atoms with Gasteiger partial charge in [-0.15, -0.1) is 0 Å². The molecule has 3 rings (SSSR count). The second-order valence-corrected chi connectivity index (χ2v) is 6.40. The van der Waals surface area contributed by atoms with Crippen molar-refractivity contribution in [1.29, 1.82) is 5.26 Å². The summed E-state index contributed by atoms with van der Waals surface area (Å²) in [7, 11) is 0. The minimum absolute atomic E-state index is 0.0426. The zero-order valence-electron chi connectivity index (χ0n) is 13.7. The van der Waals surface area contributed by atoms with Crippen molar-refractivity contribution in [2.24, 2.45) is 5.92 Å². The molecule has 1 fully saturated rings. The number of nitrogens with zero attached hydrogens (tertiary/aromatic N) is 3. The SMILES string of the molecule is Cc1cnc(C2CCC(COc3ccc(C#N)c(F)c3)CC2)nc1. The molecule has 0 unspecified atom stereocenters. The molecule has 0 radical (unpaired) electrons. The van der Waals surface area contributed by atoms with Crippen LogP contribution in [-0.2, 0) is 0 Å². The van der Waals surface area contributed by atoms with E-state index in [2.05, 4.69) is 9.97 Å². The van der Waals surface area contributed by atoms with Crippen molar-refractivity contribution < 1.29 is 9.13 Å². The molecule has 1 aromatic carbocycles. The molecular formula is C19H20FN3O. The zero-order valence-corrected chi connectivity index (χ0v) is 13.7. The summed E-state index contributed by atoms with van der Waals surface area (Å²) < 4.78 is 19.3. The molecule has 2 aromatic rings. The van der Waals surface area contributed by atoms with Gasteiger partial charge in [0, 0.05) is 24.4 Å². The molecule has 5 heteroatoms. The van der Waals surface area contributed by atoms with Gasteiger partial charge in [0.1, 0.15) is 23.5 Å². The lowest BCUT2D eigenvalue weighted by Crippen LogP contribution is -2.20. The second-order valence-electron chi connectivity index (χ2n) is 6.40. The predicted molar refractivity (Wildman–Crippen MR) is 88.1 cm³/mol. The van der Waals surface area contributed by atoms with Gasteiger partial charge in [-0.2, -0.15) is 5.26 Å². The highest BCUT2D eigenvalue weighted by molar-refractivity contribution is 5.36. The fraction of sp³-hybridized carbons (Fsp3) is 0.421. The van der Waals surface area contributed by atoms with Crippen LogP contribution in [0.5, 0.6) is 5.75 Å². The van der Waals surface area contributed by atoms with Gasteiger partial charge in [0.15, 0.2) is 0 Å². The van der Waals surface area contributed by atoms with Gasteiger partial charge < -0.3 is 4.74 Å². The monoisotopic (exact) mass is 325 g/mol. The number of aryl methyl sites for hydroxylation is 1. The van der Waals surface area contributed by atoms with Crippen LogP contribution in [0, 0.1) is 30.0 Å². The summed E-state index contributed by atoms with van der Waals surface area (Å²) in [5.41, 5.74) is 1.12. The lowest BCUT2D eigenvalue weighted by molar-refractivity contribution is 0.197. The van der Waals surface area contributed by atoms with E-state index >= 15 is 0 Å². The summed E-state index contributed by atoms with van der Waals surface area (Å²) in [5, 5.41) is 8.74. The van der Waals surface area contributed by atoms with E-state index in [1.165, 1.54) is 12.1 Å². The molecule has 1 aromatic heterocycles. The first kappa shape index (κ1) is 16.4. The van der Waals surface area contributed by atoms with E-state index in [1.54, 1.807) is 6.07 Å². The summed E-state index contributed by atoms with van der Waals surface area (Å²) in [5.74, 6) is 1.78. The van der Waals surface area contributed by atoms with Crippen LogP contribution in [0.25, 0.3) is 0 Å². The Hall–Kier alpha value is -2.48. The number of nitriles is 1. The standard InChI is InChI=1S/C19H20FN3O/c1-13-10-22-19(23-11-13)15-4-2-14(3-5-15)12-24-17-7-6-16(9-21)18(20)8-17/h6-8,10-11,14-15H,2-5,12H2,1H3. The van der Waals surface area contributed by atoms with Crippen LogP contribution in [0.1, 0.15) is 48.6 Å². The van der Waals surface area contributed by atoms with Crippen LogP contribution < -0.4 is 4.74 Å². The Morgan fingerprint density at radius 3 is 2.54 bits per heavy atom. The third kappa shape index (κ3) is 3.88. The van der Waals surface area contributed by atoms with Crippen molar-refractivity contribution in [2.45, 2.75) is 38.5 Å². The van der Waals surface area contributed by atoms with Gasteiger partial charge in [0.05, 0.1) is 12.2 Å². The quantitative estimate of drug-likeness (QED) is 0.847. The van der Waals surface area contributed by atoms with E-state index in [9.17, 15) is 4.39 Å². The van der Waals surface area contributed by atoms with Gasteiger partial charge >= 0.3 is 0 Å². The van der Waals surface area contributed by atoms with Crippen molar-refractivity contribution in [3.8, 4) is 11.8 Å². The van der Waals surface area contributed by atoms with Crippen LogP contribution in [0.4, 0.5) is 4.39 Å². The first-order chi connectivity index (χ1) is 11.7. The number of aromatic nitrogens is 2. The van der Waals surface area contributed by atoms with Crippen molar-refractivity contribution >= 4 is 0 Å². The minimum atomic E-state index is -0.532. The second kappa shape index (κ2) is 7.39. The van der Waals surface area contributed by atoms with Crippen molar-refractivity contribution in [2.75, 3.05) is 6.61 Å². The summed E-state index contributed by atoms with van der Waals surface area (Å²) in [4.78, 5) is 8.87. The lowest BCUT2D eigenvalue weighted by Gasteiger charge is -2.27. The van der Waals surface area contributed by atoms with Crippen molar-refractivity contribution in [3.63, 3.8) is 0 Å². The fourth-order valence-corrected chi connectivity index (χ4v) is 3.09. The summed E-state index contributed by atoms with van der Waals surface area (Å²) in [6, 6.07) is 6.19.